The standard InChI is InChI=1S/C22H31FN6O/c1-16(2)27(4)20(30)19-24-25-21-22(26(3)13-14-29(19)21)9-11-28(12-10-22)15-17-5-7-18(23)8-6-17/h5-8,16H,9-15H2,1-4H3. The molecular formula is C22H31FN6O. The second-order valence-electron chi connectivity index (χ2n) is 8.86. The van der Waals surface area contributed by atoms with Gasteiger partial charge in [0.25, 0.3) is 5.91 Å². The topological polar surface area (TPSA) is 57.5 Å². The van der Waals surface area contributed by atoms with Gasteiger partial charge in [-0.2, -0.15) is 0 Å². The largest absolute Gasteiger partial charge is 0.337 e. The number of fused-ring (bicyclic) bond motifs is 2. The zero-order valence-electron chi connectivity index (χ0n) is 18.3. The van der Waals surface area contributed by atoms with Gasteiger partial charge in [-0.05, 0) is 51.4 Å². The number of nitrogens with zero attached hydrogens (tertiary/aromatic N) is 6. The summed E-state index contributed by atoms with van der Waals surface area (Å²) in [5.74, 6) is 1.09. The summed E-state index contributed by atoms with van der Waals surface area (Å²) in [6, 6.07) is 6.86. The minimum Gasteiger partial charge on any atom is -0.337 e. The smallest absolute Gasteiger partial charge is 0.291 e. The maximum Gasteiger partial charge on any atom is 0.291 e. The zero-order chi connectivity index (χ0) is 21.5. The Balaban J connectivity index is 1.53. The molecule has 2 aromatic rings. The van der Waals surface area contributed by atoms with E-state index in [1.165, 1.54) is 12.1 Å². The van der Waals surface area contributed by atoms with Crippen LogP contribution in [0.4, 0.5) is 4.39 Å². The normalized spacial score (nSPS) is 19.3. The number of likely N-dealkylation sites (tertiary alicyclic amines) is 1. The highest BCUT2D eigenvalue weighted by Crippen LogP contribution is 2.40. The Hall–Kier alpha value is -2.32. The van der Waals surface area contributed by atoms with Crippen LogP contribution >= 0.6 is 0 Å². The first-order chi connectivity index (χ1) is 14.3. The molecule has 0 bridgehead atoms. The van der Waals surface area contributed by atoms with Crippen LogP contribution in [0.15, 0.2) is 24.3 Å². The average Bonchev–Trinajstić information content (AvgIpc) is 3.18. The minimum absolute atomic E-state index is 0.0720. The molecule has 8 heteroatoms. The average molecular weight is 415 g/mol. The van der Waals surface area contributed by atoms with Crippen molar-refractivity contribution in [1.29, 1.82) is 0 Å². The minimum atomic E-state index is -0.201. The first kappa shape index (κ1) is 20.9. The maximum atomic E-state index is 13.2. The third-order valence-electron chi connectivity index (χ3n) is 6.85. The van der Waals surface area contributed by atoms with Crippen molar-refractivity contribution in [2.75, 3.05) is 33.7 Å². The molecule has 7 nitrogen and oxygen atoms in total. The van der Waals surface area contributed by atoms with Crippen LogP contribution in [-0.4, -0.2) is 75.1 Å². The van der Waals surface area contributed by atoms with Gasteiger partial charge in [-0.15, -0.1) is 10.2 Å². The molecule has 1 aromatic carbocycles. The number of likely N-dealkylation sites (N-methyl/N-ethyl adjacent to an activating group) is 1. The van der Waals surface area contributed by atoms with E-state index < -0.39 is 0 Å². The van der Waals surface area contributed by atoms with Crippen LogP contribution in [0.3, 0.4) is 0 Å². The molecule has 1 saturated heterocycles. The van der Waals surface area contributed by atoms with Crippen molar-refractivity contribution in [3.63, 3.8) is 0 Å². The number of halogens is 1. The highest BCUT2D eigenvalue weighted by Gasteiger charge is 2.46. The molecule has 4 rings (SSSR count). The molecular weight excluding hydrogens is 383 g/mol. The first-order valence-corrected chi connectivity index (χ1v) is 10.7. The summed E-state index contributed by atoms with van der Waals surface area (Å²) < 4.78 is 15.2. The predicted octanol–water partition coefficient (Wildman–Crippen LogP) is 2.33. The van der Waals surface area contributed by atoms with Gasteiger partial charge in [-0.3, -0.25) is 14.6 Å². The first-order valence-electron chi connectivity index (χ1n) is 10.7. The molecule has 2 aliphatic heterocycles. The lowest BCUT2D eigenvalue weighted by Gasteiger charge is -2.49. The summed E-state index contributed by atoms with van der Waals surface area (Å²) in [6.45, 7) is 8.25. The van der Waals surface area contributed by atoms with E-state index in [2.05, 4.69) is 27.0 Å². The van der Waals surface area contributed by atoms with Crippen LogP contribution in [0, 0.1) is 5.82 Å². The van der Waals surface area contributed by atoms with Crippen molar-refractivity contribution in [2.45, 2.75) is 51.4 Å². The maximum absolute atomic E-state index is 13.2. The fourth-order valence-electron chi connectivity index (χ4n) is 4.58. The Labute approximate surface area is 177 Å². The summed E-state index contributed by atoms with van der Waals surface area (Å²) in [4.78, 5) is 19.4. The SMILES string of the molecule is CC(C)N(C)C(=O)c1nnc2n1CCN(C)C21CCN(Cc2ccc(F)cc2)CC1. The summed E-state index contributed by atoms with van der Waals surface area (Å²) >= 11 is 0. The molecule has 1 amide bonds. The Bertz CT molecular complexity index is 901. The lowest BCUT2D eigenvalue weighted by atomic mass is 9.83. The molecule has 0 saturated carbocycles. The zero-order valence-corrected chi connectivity index (χ0v) is 18.3. The molecule has 2 aliphatic rings. The molecule has 3 heterocycles. The van der Waals surface area contributed by atoms with Crippen molar-refractivity contribution in [2.24, 2.45) is 0 Å². The fourth-order valence-corrected chi connectivity index (χ4v) is 4.58. The van der Waals surface area contributed by atoms with Gasteiger partial charge in [0.2, 0.25) is 5.82 Å². The fraction of sp³-hybridized carbons (Fsp3) is 0.591. The molecule has 1 aromatic heterocycles. The molecule has 0 unspecified atom stereocenters. The van der Waals surface area contributed by atoms with Gasteiger partial charge in [0.05, 0.1) is 5.54 Å². The van der Waals surface area contributed by atoms with Crippen molar-refractivity contribution in [1.82, 2.24) is 29.5 Å². The monoisotopic (exact) mass is 414 g/mol. The molecule has 162 valence electrons. The van der Waals surface area contributed by atoms with Gasteiger partial charge in [0.1, 0.15) is 5.82 Å². The highest BCUT2D eigenvalue weighted by atomic mass is 19.1. The lowest BCUT2D eigenvalue weighted by molar-refractivity contribution is 0.00593. The molecule has 30 heavy (non-hydrogen) atoms. The Morgan fingerprint density at radius 1 is 1.13 bits per heavy atom. The second kappa shape index (κ2) is 8.07. The Kier molecular flexibility index (Phi) is 5.63. The van der Waals surface area contributed by atoms with Crippen molar-refractivity contribution in [3.8, 4) is 0 Å². The molecule has 1 spiro atoms. The molecule has 0 radical (unpaired) electrons. The van der Waals surface area contributed by atoms with Gasteiger partial charge in [0, 0.05) is 45.8 Å². The number of rotatable bonds is 4. The van der Waals surface area contributed by atoms with Crippen LogP contribution in [0.1, 0.15) is 48.7 Å². The van der Waals surface area contributed by atoms with Crippen LogP contribution in [0.2, 0.25) is 0 Å². The third kappa shape index (κ3) is 3.63. The summed E-state index contributed by atoms with van der Waals surface area (Å²) in [5.41, 5.74) is 0.927. The molecule has 1 fully saturated rings. The van der Waals surface area contributed by atoms with Gasteiger partial charge in [0.15, 0.2) is 5.82 Å². The van der Waals surface area contributed by atoms with E-state index in [1.54, 1.807) is 4.90 Å². The van der Waals surface area contributed by atoms with E-state index in [0.717, 1.165) is 57.0 Å². The molecule has 0 atom stereocenters. The van der Waals surface area contributed by atoms with Gasteiger partial charge in [-0.25, -0.2) is 4.39 Å². The Morgan fingerprint density at radius 3 is 2.43 bits per heavy atom. The van der Waals surface area contributed by atoms with Crippen LogP contribution in [0.5, 0.6) is 0 Å². The van der Waals surface area contributed by atoms with E-state index in [-0.39, 0.29) is 23.3 Å². The number of piperidine rings is 1. The predicted molar refractivity (Wildman–Crippen MR) is 112 cm³/mol. The summed E-state index contributed by atoms with van der Waals surface area (Å²) in [7, 11) is 3.96. The number of aromatic nitrogens is 3. The van der Waals surface area contributed by atoms with Crippen LogP contribution in [0.25, 0.3) is 0 Å². The number of benzene rings is 1. The van der Waals surface area contributed by atoms with Gasteiger partial charge < -0.3 is 9.47 Å². The van der Waals surface area contributed by atoms with Crippen LogP contribution < -0.4 is 0 Å². The van der Waals surface area contributed by atoms with E-state index in [9.17, 15) is 9.18 Å². The van der Waals surface area contributed by atoms with Crippen molar-refractivity contribution >= 4 is 5.91 Å². The van der Waals surface area contributed by atoms with Crippen molar-refractivity contribution < 1.29 is 9.18 Å². The van der Waals surface area contributed by atoms with Gasteiger partial charge >= 0.3 is 0 Å². The quantitative estimate of drug-likeness (QED) is 0.769. The number of hydrogen-bond acceptors (Lipinski definition) is 5. The van der Waals surface area contributed by atoms with Crippen molar-refractivity contribution in [3.05, 3.63) is 47.3 Å². The van der Waals surface area contributed by atoms with E-state index >= 15 is 0 Å². The highest BCUT2D eigenvalue weighted by molar-refractivity contribution is 5.90. The third-order valence-corrected chi connectivity index (χ3v) is 6.85. The summed E-state index contributed by atoms with van der Waals surface area (Å²) in [6.07, 6.45) is 1.86. The van der Waals surface area contributed by atoms with E-state index in [1.807, 2.05) is 37.6 Å². The number of hydrogen-bond donors (Lipinski definition) is 0. The Morgan fingerprint density at radius 2 is 1.80 bits per heavy atom. The van der Waals surface area contributed by atoms with E-state index in [0.29, 0.717) is 5.82 Å². The van der Waals surface area contributed by atoms with E-state index in [4.69, 9.17) is 0 Å². The molecule has 0 aliphatic carbocycles. The lowest BCUT2D eigenvalue weighted by Crippen LogP contribution is -2.56. The number of carbonyl (C=O) groups is 1. The second-order valence-corrected chi connectivity index (χ2v) is 8.86. The molecule has 0 N–H and O–H groups in total. The number of amides is 1. The number of carbonyl (C=O) groups excluding carboxylic acids is 1. The van der Waals surface area contributed by atoms with Gasteiger partial charge in [-0.1, -0.05) is 12.1 Å². The van der Waals surface area contributed by atoms with Crippen LogP contribution in [-0.2, 0) is 18.6 Å². The summed E-state index contributed by atoms with van der Waals surface area (Å²) in [5, 5.41) is 8.86.